The van der Waals surface area contributed by atoms with Crippen molar-refractivity contribution in [2.45, 2.75) is 13.3 Å². The van der Waals surface area contributed by atoms with E-state index in [4.69, 9.17) is 4.74 Å². The Morgan fingerprint density at radius 1 is 1.17 bits per heavy atom. The normalized spacial score (nSPS) is 11.0. The summed E-state index contributed by atoms with van der Waals surface area (Å²) < 4.78 is 48.5. The van der Waals surface area contributed by atoms with Crippen molar-refractivity contribution in [2.75, 3.05) is 0 Å². The van der Waals surface area contributed by atoms with Gasteiger partial charge in [-0.2, -0.15) is 10.4 Å². The minimum Gasteiger partial charge on any atom is -0.438 e. The Bertz CT molecular complexity index is 1270. The van der Waals surface area contributed by atoms with Crippen molar-refractivity contribution >= 4 is 0 Å². The van der Waals surface area contributed by atoms with Gasteiger partial charge in [0.15, 0.2) is 0 Å². The van der Waals surface area contributed by atoms with Gasteiger partial charge in [-0.3, -0.25) is 9.36 Å². The van der Waals surface area contributed by atoms with E-state index in [1.54, 1.807) is 26.1 Å². The van der Waals surface area contributed by atoms with Crippen molar-refractivity contribution in [1.82, 2.24) is 18.9 Å². The standard InChI is InChI=1S/C18H14F3N5O3/c1-9-4-16(25(3)23-9)29-14-6-12(11(19)5-10(14)8-22)26-15(27)7-13(17(20)21)24(2)18(26)28/h4-7,17H,1-3H3. The first-order chi connectivity index (χ1) is 13.6. The van der Waals surface area contributed by atoms with Crippen LogP contribution in [0.3, 0.4) is 0 Å². The number of alkyl halides is 2. The molecule has 0 N–H and O–H groups in total. The number of nitrogens with zero attached hydrogens (tertiary/aromatic N) is 5. The van der Waals surface area contributed by atoms with Gasteiger partial charge in [0.05, 0.1) is 22.6 Å². The van der Waals surface area contributed by atoms with Crippen molar-refractivity contribution in [3.05, 3.63) is 67.9 Å². The molecule has 0 fully saturated rings. The maximum atomic E-state index is 14.6. The Kier molecular flexibility index (Phi) is 5.02. The third-order valence-corrected chi connectivity index (χ3v) is 4.16. The summed E-state index contributed by atoms with van der Waals surface area (Å²) in [5.74, 6) is -0.984. The fourth-order valence-electron chi connectivity index (χ4n) is 2.75. The van der Waals surface area contributed by atoms with Crippen LogP contribution in [0.2, 0.25) is 0 Å². The van der Waals surface area contributed by atoms with Crippen LogP contribution >= 0.6 is 0 Å². The number of aromatic nitrogens is 4. The van der Waals surface area contributed by atoms with Gasteiger partial charge in [-0.25, -0.2) is 27.2 Å². The van der Waals surface area contributed by atoms with Crippen LogP contribution in [0.25, 0.3) is 5.69 Å². The quantitative estimate of drug-likeness (QED) is 0.664. The highest BCUT2D eigenvalue weighted by molar-refractivity contribution is 5.52. The zero-order valence-electron chi connectivity index (χ0n) is 15.5. The summed E-state index contributed by atoms with van der Waals surface area (Å²) in [4.78, 5) is 24.7. The monoisotopic (exact) mass is 405 g/mol. The molecule has 0 aliphatic heterocycles. The van der Waals surface area contributed by atoms with E-state index in [1.165, 1.54) is 4.68 Å². The lowest BCUT2D eigenvalue weighted by Gasteiger charge is -2.14. The molecule has 29 heavy (non-hydrogen) atoms. The van der Waals surface area contributed by atoms with Crippen LogP contribution in [0, 0.1) is 24.1 Å². The molecule has 0 aliphatic carbocycles. The third-order valence-electron chi connectivity index (χ3n) is 4.16. The number of benzene rings is 1. The average Bonchev–Trinajstić information content (AvgIpc) is 2.97. The molecule has 1 aromatic carbocycles. The van der Waals surface area contributed by atoms with E-state index in [-0.39, 0.29) is 17.2 Å². The largest absolute Gasteiger partial charge is 0.438 e. The lowest BCUT2D eigenvalue weighted by Crippen LogP contribution is -2.39. The number of ether oxygens (including phenoxy) is 1. The van der Waals surface area contributed by atoms with Gasteiger partial charge >= 0.3 is 5.69 Å². The first-order valence-electron chi connectivity index (χ1n) is 8.17. The van der Waals surface area contributed by atoms with E-state index >= 15 is 0 Å². The minimum atomic E-state index is -3.06. The zero-order chi connectivity index (χ0) is 21.5. The molecule has 0 spiro atoms. The lowest BCUT2D eigenvalue weighted by atomic mass is 10.2. The highest BCUT2D eigenvalue weighted by Crippen LogP contribution is 2.29. The summed E-state index contributed by atoms with van der Waals surface area (Å²) in [6.07, 6.45) is -3.06. The summed E-state index contributed by atoms with van der Waals surface area (Å²) in [6.45, 7) is 1.71. The number of rotatable bonds is 4. The fourth-order valence-corrected chi connectivity index (χ4v) is 2.75. The van der Waals surface area contributed by atoms with Crippen molar-refractivity contribution in [2.24, 2.45) is 14.1 Å². The molecule has 2 aromatic heterocycles. The Hall–Kier alpha value is -3.81. The van der Waals surface area contributed by atoms with Crippen LogP contribution in [0.1, 0.15) is 23.4 Å². The SMILES string of the molecule is Cc1cc(Oc2cc(-n3c(=O)cc(C(F)F)n(C)c3=O)c(F)cc2C#N)n(C)n1. The van der Waals surface area contributed by atoms with Crippen molar-refractivity contribution in [3.8, 4) is 23.4 Å². The first kappa shape index (κ1) is 19.9. The minimum absolute atomic E-state index is 0.140. The highest BCUT2D eigenvalue weighted by atomic mass is 19.3. The van der Waals surface area contributed by atoms with Gasteiger partial charge in [0.25, 0.3) is 12.0 Å². The maximum absolute atomic E-state index is 14.6. The van der Waals surface area contributed by atoms with Crippen molar-refractivity contribution in [1.29, 1.82) is 5.26 Å². The number of aryl methyl sites for hydroxylation is 2. The summed E-state index contributed by atoms with van der Waals surface area (Å²) >= 11 is 0. The molecule has 0 aliphatic rings. The van der Waals surface area contributed by atoms with E-state index in [0.29, 0.717) is 20.9 Å². The van der Waals surface area contributed by atoms with E-state index < -0.39 is 34.9 Å². The molecule has 0 saturated carbocycles. The van der Waals surface area contributed by atoms with Gasteiger partial charge in [-0.05, 0) is 13.0 Å². The van der Waals surface area contributed by atoms with E-state index in [1.807, 2.05) is 0 Å². The second kappa shape index (κ2) is 7.31. The number of nitriles is 1. The lowest BCUT2D eigenvalue weighted by molar-refractivity contribution is 0.140. The maximum Gasteiger partial charge on any atom is 0.335 e. The summed E-state index contributed by atoms with van der Waals surface area (Å²) in [6, 6.07) is 5.65. The molecule has 150 valence electrons. The topological polar surface area (TPSA) is 94.8 Å². The number of hydrogen-bond donors (Lipinski definition) is 0. The van der Waals surface area contributed by atoms with Crippen LogP contribution < -0.4 is 16.0 Å². The molecular formula is C18H14F3N5O3. The van der Waals surface area contributed by atoms with Gasteiger partial charge in [0, 0.05) is 32.3 Å². The molecule has 11 heteroatoms. The molecule has 3 aromatic rings. The van der Waals surface area contributed by atoms with Crippen LogP contribution in [-0.2, 0) is 14.1 Å². The molecule has 0 bridgehead atoms. The molecule has 0 atom stereocenters. The molecule has 0 amide bonds. The van der Waals surface area contributed by atoms with Crippen LogP contribution in [-0.4, -0.2) is 18.9 Å². The summed E-state index contributed by atoms with van der Waals surface area (Å²) in [7, 11) is 2.62. The molecule has 0 radical (unpaired) electrons. The van der Waals surface area contributed by atoms with Crippen molar-refractivity contribution in [3.63, 3.8) is 0 Å². The smallest absolute Gasteiger partial charge is 0.335 e. The Morgan fingerprint density at radius 3 is 2.41 bits per heavy atom. The molecule has 3 rings (SSSR count). The summed E-state index contributed by atoms with van der Waals surface area (Å²) in [5, 5.41) is 13.4. The van der Waals surface area contributed by atoms with E-state index in [2.05, 4.69) is 5.10 Å². The number of hydrogen-bond acceptors (Lipinski definition) is 5. The third kappa shape index (κ3) is 3.52. The van der Waals surface area contributed by atoms with Crippen LogP contribution in [0.5, 0.6) is 11.6 Å². The molecule has 2 heterocycles. The van der Waals surface area contributed by atoms with Gasteiger partial charge in [-0.1, -0.05) is 0 Å². The van der Waals surface area contributed by atoms with Gasteiger partial charge < -0.3 is 4.74 Å². The van der Waals surface area contributed by atoms with Crippen LogP contribution in [0.15, 0.2) is 33.9 Å². The molecular weight excluding hydrogens is 391 g/mol. The van der Waals surface area contributed by atoms with Gasteiger partial charge in [0.2, 0.25) is 5.88 Å². The highest BCUT2D eigenvalue weighted by Gasteiger charge is 2.21. The predicted molar refractivity (Wildman–Crippen MR) is 94.9 cm³/mol. The zero-order valence-corrected chi connectivity index (χ0v) is 15.5. The Morgan fingerprint density at radius 2 is 1.86 bits per heavy atom. The van der Waals surface area contributed by atoms with Gasteiger partial charge in [0.1, 0.15) is 17.6 Å². The van der Waals surface area contributed by atoms with Crippen molar-refractivity contribution < 1.29 is 17.9 Å². The second-order valence-corrected chi connectivity index (χ2v) is 6.15. The Balaban J connectivity index is 2.23. The van der Waals surface area contributed by atoms with Gasteiger partial charge in [-0.15, -0.1) is 0 Å². The van der Waals surface area contributed by atoms with E-state index in [9.17, 15) is 28.0 Å². The molecule has 8 nitrogen and oxygen atoms in total. The first-order valence-corrected chi connectivity index (χ1v) is 8.17. The second-order valence-electron chi connectivity index (χ2n) is 6.15. The molecule has 0 unspecified atom stereocenters. The average molecular weight is 405 g/mol. The van der Waals surface area contributed by atoms with Crippen LogP contribution in [0.4, 0.5) is 13.2 Å². The van der Waals surface area contributed by atoms with E-state index in [0.717, 1.165) is 19.2 Å². The number of halogens is 3. The summed E-state index contributed by atoms with van der Waals surface area (Å²) in [5.41, 5.74) is -3.22. The fraction of sp³-hybridized carbons (Fsp3) is 0.222. The Labute approximate surface area is 161 Å². The molecule has 0 saturated heterocycles. The predicted octanol–water partition coefficient (Wildman–Crippen LogP) is 2.32.